The lowest BCUT2D eigenvalue weighted by Gasteiger charge is -2.48. The molecule has 105 heavy (non-hydrogen) atoms. The van der Waals surface area contributed by atoms with Gasteiger partial charge in [0.15, 0.2) is 18.9 Å². The summed E-state index contributed by atoms with van der Waals surface area (Å²) in [6, 6.07) is -0.995. The molecule has 0 bridgehead atoms. The number of hydrogen-bond donors (Lipinski definition) is 12. The van der Waals surface area contributed by atoms with E-state index in [1.54, 1.807) is 6.08 Å². The van der Waals surface area contributed by atoms with E-state index in [1.165, 1.54) is 263 Å². The van der Waals surface area contributed by atoms with Gasteiger partial charge in [-0.05, 0) is 70.6 Å². The van der Waals surface area contributed by atoms with Crippen molar-refractivity contribution in [2.75, 3.05) is 26.4 Å². The summed E-state index contributed by atoms with van der Waals surface area (Å²) >= 11 is 0. The van der Waals surface area contributed by atoms with E-state index in [9.17, 15) is 61.0 Å². The van der Waals surface area contributed by atoms with E-state index in [0.717, 1.165) is 51.4 Å². The minimum atomic E-state index is -1.98. The molecule has 0 aliphatic carbocycles. The zero-order valence-electron chi connectivity index (χ0n) is 66.0. The highest BCUT2D eigenvalue weighted by atomic mass is 16.8. The Morgan fingerprint density at radius 1 is 0.343 bits per heavy atom. The quantitative estimate of drug-likeness (QED) is 0.0199. The SMILES string of the molecule is CCCCCCC/C=C\C/C=C\C/C=C\CCCCCCCCCCCCCCCCC(=O)NC(COC1OC(CO)C(OC2OC(CO)C(OC3OC(CO)C(O)C(O)C3O)C(O)C2O)C(O)C1O)C(O)/C=C/CC/C=C/CCCCCCCCCCCCCCCCCCCCCCCCCCC. The molecule has 3 saturated heterocycles. The van der Waals surface area contributed by atoms with Gasteiger partial charge in [-0.2, -0.15) is 0 Å². The van der Waals surface area contributed by atoms with E-state index in [1.807, 2.05) is 6.08 Å². The molecule has 3 rings (SSSR count). The molecule has 0 radical (unpaired) electrons. The van der Waals surface area contributed by atoms with Crippen molar-refractivity contribution < 1.29 is 89.4 Å². The van der Waals surface area contributed by atoms with Crippen LogP contribution < -0.4 is 5.32 Å². The third-order valence-electron chi connectivity index (χ3n) is 21.3. The number of ether oxygens (including phenoxy) is 6. The monoisotopic (exact) mass is 1490 g/mol. The van der Waals surface area contributed by atoms with Gasteiger partial charge >= 0.3 is 0 Å². The number of aliphatic hydroxyl groups excluding tert-OH is 11. The molecular weight excluding hydrogens is 1330 g/mol. The van der Waals surface area contributed by atoms with Crippen molar-refractivity contribution in [1.82, 2.24) is 5.32 Å². The number of nitrogens with one attached hydrogen (secondary N) is 1. The molecule has 3 heterocycles. The number of carbonyl (C=O) groups excluding carboxylic acids is 1. The van der Waals surface area contributed by atoms with E-state index >= 15 is 0 Å². The average Bonchev–Trinajstić information content (AvgIpc) is 0.781. The van der Waals surface area contributed by atoms with Crippen molar-refractivity contribution in [2.45, 2.75) is 452 Å². The van der Waals surface area contributed by atoms with Crippen molar-refractivity contribution >= 4 is 5.91 Å². The third kappa shape index (κ3) is 45.6. The first-order valence-electron chi connectivity index (χ1n) is 43.0. The Balaban J connectivity index is 1.36. The van der Waals surface area contributed by atoms with Crippen molar-refractivity contribution in [3.8, 4) is 0 Å². The van der Waals surface area contributed by atoms with Crippen LogP contribution in [0.1, 0.15) is 348 Å². The lowest BCUT2D eigenvalue weighted by atomic mass is 9.96. The third-order valence-corrected chi connectivity index (χ3v) is 21.3. The highest BCUT2D eigenvalue weighted by Gasteiger charge is 2.54. The second-order valence-electron chi connectivity index (χ2n) is 30.6. The number of carbonyl (C=O) groups is 1. The number of amides is 1. The van der Waals surface area contributed by atoms with E-state index in [0.29, 0.717) is 12.8 Å². The molecule has 12 N–H and O–H groups in total. The van der Waals surface area contributed by atoms with Crippen LogP contribution in [0.15, 0.2) is 60.8 Å². The molecule has 3 aliphatic rings. The van der Waals surface area contributed by atoms with Gasteiger partial charge < -0.3 is 89.9 Å². The topological polar surface area (TPSA) is 307 Å². The van der Waals surface area contributed by atoms with Gasteiger partial charge in [-0.1, -0.05) is 331 Å². The standard InChI is InChI=1S/C86H157NO18/c1-3-5-7-9-11-13-15-17-19-21-23-25-27-29-31-33-34-36-37-39-41-43-45-47-49-51-53-55-57-59-61-63-70(91)69(87-74(92)64-62-60-58-56-54-52-50-48-46-44-42-40-38-35-32-30-28-26-24-22-20-18-16-14-12-10-8-6-4-2)68-100-84-80(98)77(95)82(72(66-89)102-84)105-86-81(99)78(96)83(73(67-90)103-86)104-85-79(97)76(94)75(93)71(65-88)101-85/h16,18,22,24,28,30,53,55,61,63,69-73,75-86,88-91,93-99H,3-15,17,19-21,23,25-27,29,31-52,54,56-60,62,64-68H2,1-2H3,(H,87,92)/b18-16-,24-22-,30-28-,55-53+,63-61+. The van der Waals surface area contributed by atoms with Gasteiger partial charge in [-0.3, -0.25) is 4.79 Å². The van der Waals surface area contributed by atoms with Gasteiger partial charge in [0.25, 0.3) is 0 Å². The average molecular weight is 1490 g/mol. The first-order chi connectivity index (χ1) is 51.3. The first-order valence-corrected chi connectivity index (χ1v) is 43.0. The Kier molecular flexibility index (Phi) is 60.9. The molecule has 3 fully saturated rings. The Labute approximate surface area is 636 Å². The predicted octanol–water partition coefficient (Wildman–Crippen LogP) is 15.4. The summed E-state index contributed by atoms with van der Waals surface area (Å²) in [6.45, 7) is 1.75. The van der Waals surface area contributed by atoms with Crippen LogP contribution in [-0.2, 0) is 33.2 Å². The summed E-state index contributed by atoms with van der Waals surface area (Å²) in [7, 11) is 0. The molecule has 0 aromatic rings. The molecule has 0 saturated carbocycles. The molecule has 3 aliphatic heterocycles. The van der Waals surface area contributed by atoms with Crippen LogP contribution in [0, 0.1) is 0 Å². The maximum Gasteiger partial charge on any atom is 0.220 e. The fraction of sp³-hybridized carbons (Fsp3) is 0.872. The van der Waals surface area contributed by atoms with Crippen LogP contribution in [0.4, 0.5) is 0 Å². The van der Waals surface area contributed by atoms with Crippen molar-refractivity contribution in [1.29, 1.82) is 0 Å². The predicted molar refractivity (Wildman–Crippen MR) is 420 cm³/mol. The summed E-state index contributed by atoms with van der Waals surface area (Å²) in [6.07, 6.45) is 59.3. The largest absolute Gasteiger partial charge is 0.394 e. The Bertz CT molecular complexity index is 2130. The van der Waals surface area contributed by atoms with Crippen molar-refractivity contribution in [3.63, 3.8) is 0 Å². The van der Waals surface area contributed by atoms with Gasteiger partial charge in [-0.25, -0.2) is 0 Å². The second kappa shape index (κ2) is 66.1. The number of allylic oxidation sites excluding steroid dienone is 9. The van der Waals surface area contributed by atoms with Gasteiger partial charge in [0.1, 0.15) is 73.2 Å². The van der Waals surface area contributed by atoms with Crippen LogP contribution in [-0.4, -0.2) is 193 Å². The summed E-state index contributed by atoms with van der Waals surface area (Å²) in [5, 5.41) is 121. The van der Waals surface area contributed by atoms with Crippen LogP contribution in [0.3, 0.4) is 0 Å². The minimum absolute atomic E-state index is 0.234. The second-order valence-corrected chi connectivity index (χ2v) is 30.6. The van der Waals surface area contributed by atoms with Crippen LogP contribution in [0.5, 0.6) is 0 Å². The highest BCUT2D eigenvalue weighted by Crippen LogP contribution is 2.33. The van der Waals surface area contributed by atoms with E-state index in [-0.39, 0.29) is 18.9 Å². The van der Waals surface area contributed by atoms with Gasteiger partial charge in [-0.15, -0.1) is 0 Å². The number of unbranched alkanes of at least 4 members (excludes halogenated alkanes) is 45. The van der Waals surface area contributed by atoms with E-state index in [2.05, 4.69) is 67.8 Å². The van der Waals surface area contributed by atoms with Gasteiger partial charge in [0, 0.05) is 6.42 Å². The fourth-order valence-corrected chi connectivity index (χ4v) is 14.4. The van der Waals surface area contributed by atoms with Gasteiger partial charge in [0.05, 0.1) is 38.6 Å². The Morgan fingerprint density at radius 2 is 0.638 bits per heavy atom. The molecule has 1 amide bonds. The number of hydrogen-bond acceptors (Lipinski definition) is 18. The number of rotatable bonds is 69. The van der Waals surface area contributed by atoms with Gasteiger partial charge in [0.2, 0.25) is 5.91 Å². The summed E-state index contributed by atoms with van der Waals surface area (Å²) in [4.78, 5) is 13.5. The first kappa shape index (κ1) is 96.7. The smallest absolute Gasteiger partial charge is 0.220 e. The Hall–Kier alpha value is -2.51. The van der Waals surface area contributed by atoms with E-state index in [4.69, 9.17) is 28.4 Å². The maximum absolute atomic E-state index is 13.5. The zero-order chi connectivity index (χ0) is 76.0. The van der Waals surface area contributed by atoms with Crippen molar-refractivity contribution in [2.24, 2.45) is 0 Å². The summed E-state index contributed by atoms with van der Waals surface area (Å²) in [5.74, 6) is -0.283. The molecule has 0 aromatic carbocycles. The van der Waals surface area contributed by atoms with Crippen LogP contribution in [0.25, 0.3) is 0 Å². The lowest BCUT2D eigenvalue weighted by Crippen LogP contribution is -2.66. The normalized spacial score (nSPS) is 26.0. The maximum atomic E-state index is 13.5. The number of aliphatic hydroxyl groups is 11. The molecule has 614 valence electrons. The van der Waals surface area contributed by atoms with Crippen molar-refractivity contribution in [3.05, 3.63) is 60.8 Å². The van der Waals surface area contributed by atoms with E-state index < -0.39 is 124 Å². The molecule has 17 atom stereocenters. The Morgan fingerprint density at radius 3 is 1.02 bits per heavy atom. The van der Waals surface area contributed by atoms with Crippen LogP contribution >= 0.6 is 0 Å². The zero-order valence-corrected chi connectivity index (χ0v) is 66.0. The summed E-state index contributed by atoms with van der Waals surface area (Å²) < 4.78 is 34.5. The molecule has 17 unspecified atom stereocenters. The summed E-state index contributed by atoms with van der Waals surface area (Å²) in [5.41, 5.74) is 0. The fourth-order valence-electron chi connectivity index (χ4n) is 14.4. The minimum Gasteiger partial charge on any atom is -0.394 e. The molecule has 0 spiro atoms. The molecule has 0 aromatic heterocycles. The molecule has 19 heteroatoms. The highest BCUT2D eigenvalue weighted by molar-refractivity contribution is 5.76. The molecular formula is C86H157NO18. The van der Waals surface area contributed by atoms with Crippen LogP contribution in [0.2, 0.25) is 0 Å². The lowest BCUT2D eigenvalue weighted by molar-refractivity contribution is -0.379. The molecule has 19 nitrogen and oxygen atoms in total.